The van der Waals surface area contributed by atoms with Gasteiger partial charge in [0.1, 0.15) is 0 Å². The number of hydrogen-bond acceptors (Lipinski definition) is 4. The monoisotopic (exact) mass is 352 g/mol. The van der Waals surface area contributed by atoms with Crippen LogP contribution in [0.4, 0.5) is 11.4 Å². The van der Waals surface area contributed by atoms with Crippen molar-refractivity contribution in [1.82, 2.24) is 0 Å². The van der Waals surface area contributed by atoms with E-state index in [2.05, 4.69) is 34.5 Å². The van der Waals surface area contributed by atoms with E-state index in [-0.39, 0.29) is 5.91 Å². The zero-order valence-corrected chi connectivity index (χ0v) is 15.0. The minimum Gasteiger partial charge on any atom is -0.465 e. The van der Waals surface area contributed by atoms with E-state index in [4.69, 9.17) is 4.74 Å². The Hall–Kier alpha value is -2.82. The van der Waals surface area contributed by atoms with Crippen molar-refractivity contribution in [1.29, 1.82) is 0 Å². The Morgan fingerprint density at radius 3 is 2.42 bits per heavy atom. The van der Waals surface area contributed by atoms with Crippen LogP contribution in [0, 0.1) is 0 Å². The number of nitrogens with one attached hydrogen (secondary N) is 1. The van der Waals surface area contributed by atoms with Gasteiger partial charge in [0.05, 0.1) is 18.4 Å². The minimum atomic E-state index is -0.460. The van der Waals surface area contributed by atoms with Gasteiger partial charge in [-0.2, -0.15) is 0 Å². The maximum absolute atomic E-state index is 12.3. The van der Waals surface area contributed by atoms with E-state index in [1.54, 1.807) is 24.3 Å². The van der Waals surface area contributed by atoms with Gasteiger partial charge in [-0.1, -0.05) is 24.3 Å². The molecule has 0 spiro atoms. The maximum Gasteiger partial charge on any atom is 0.339 e. The minimum absolute atomic E-state index is 0.120. The molecule has 0 atom stereocenters. The number of carbonyl (C=O) groups is 2. The topological polar surface area (TPSA) is 58.6 Å². The number of benzene rings is 2. The van der Waals surface area contributed by atoms with Gasteiger partial charge in [0.15, 0.2) is 0 Å². The number of nitrogens with zero attached hydrogens (tertiary/aromatic N) is 1. The highest BCUT2D eigenvalue weighted by molar-refractivity contribution is 6.01. The third-order valence-corrected chi connectivity index (χ3v) is 4.65. The summed E-state index contributed by atoms with van der Waals surface area (Å²) in [7, 11) is 1.33. The predicted octanol–water partition coefficient (Wildman–Crippen LogP) is 3.64. The van der Waals surface area contributed by atoms with Crippen molar-refractivity contribution in [3.63, 3.8) is 0 Å². The number of anilines is 2. The fourth-order valence-corrected chi connectivity index (χ4v) is 3.20. The molecule has 1 aliphatic heterocycles. The standard InChI is InChI=1S/C21H24N2O3/c1-26-21(25)18-6-2-3-7-19(18)22-20(24)13-10-16-8-11-17(12-9-16)23-14-4-5-15-23/h2-3,6-9,11-12H,4-5,10,13-15H2,1H3,(H,22,24). The van der Waals surface area contributed by atoms with Crippen molar-refractivity contribution in [2.24, 2.45) is 0 Å². The molecule has 1 saturated heterocycles. The average Bonchev–Trinajstić information content (AvgIpc) is 3.21. The summed E-state index contributed by atoms with van der Waals surface area (Å²) in [6.45, 7) is 2.25. The van der Waals surface area contributed by atoms with Crippen LogP contribution in [0.5, 0.6) is 0 Å². The van der Waals surface area contributed by atoms with Gasteiger partial charge >= 0.3 is 5.97 Å². The molecule has 0 unspecified atom stereocenters. The Balaban J connectivity index is 1.55. The normalized spacial score (nSPS) is 13.5. The molecule has 0 bridgehead atoms. The molecule has 136 valence electrons. The molecule has 26 heavy (non-hydrogen) atoms. The number of para-hydroxylation sites is 1. The lowest BCUT2D eigenvalue weighted by atomic mass is 10.1. The van der Waals surface area contributed by atoms with Crippen molar-refractivity contribution in [2.45, 2.75) is 25.7 Å². The fraction of sp³-hybridized carbons (Fsp3) is 0.333. The second-order valence-electron chi connectivity index (χ2n) is 6.45. The summed E-state index contributed by atoms with van der Waals surface area (Å²) in [5.74, 6) is -0.580. The van der Waals surface area contributed by atoms with Gasteiger partial charge in [0.25, 0.3) is 0 Å². The lowest BCUT2D eigenvalue weighted by Gasteiger charge is -2.17. The predicted molar refractivity (Wildman–Crippen MR) is 103 cm³/mol. The van der Waals surface area contributed by atoms with E-state index >= 15 is 0 Å². The summed E-state index contributed by atoms with van der Waals surface area (Å²) in [5, 5.41) is 2.80. The summed E-state index contributed by atoms with van der Waals surface area (Å²) in [5.41, 5.74) is 3.22. The average molecular weight is 352 g/mol. The number of carbonyl (C=O) groups excluding carboxylic acids is 2. The van der Waals surface area contributed by atoms with Crippen LogP contribution in [0.2, 0.25) is 0 Å². The number of rotatable bonds is 6. The van der Waals surface area contributed by atoms with Gasteiger partial charge in [0, 0.05) is 25.2 Å². The molecule has 1 heterocycles. The molecule has 0 saturated carbocycles. The quantitative estimate of drug-likeness (QED) is 0.807. The Kier molecular flexibility index (Phi) is 5.89. The second kappa shape index (κ2) is 8.52. The van der Waals surface area contributed by atoms with E-state index in [0.29, 0.717) is 24.1 Å². The zero-order chi connectivity index (χ0) is 18.4. The van der Waals surface area contributed by atoms with Crippen LogP contribution in [0.25, 0.3) is 0 Å². The van der Waals surface area contributed by atoms with Crippen molar-refractivity contribution in [3.8, 4) is 0 Å². The highest BCUT2D eigenvalue weighted by atomic mass is 16.5. The largest absolute Gasteiger partial charge is 0.465 e. The lowest BCUT2D eigenvalue weighted by Crippen LogP contribution is -2.17. The van der Waals surface area contributed by atoms with Gasteiger partial charge in [-0.05, 0) is 49.1 Å². The van der Waals surface area contributed by atoms with E-state index < -0.39 is 5.97 Å². The van der Waals surface area contributed by atoms with Crippen molar-refractivity contribution in [3.05, 3.63) is 59.7 Å². The van der Waals surface area contributed by atoms with E-state index in [1.165, 1.54) is 25.6 Å². The molecule has 1 aliphatic rings. The molecule has 5 nitrogen and oxygen atoms in total. The van der Waals surface area contributed by atoms with Crippen molar-refractivity contribution >= 4 is 23.3 Å². The van der Waals surface area contributed by atoms with Gasteiger partial charge in [-0.15, -0.1) is 0 Å². The van der Waals surface area contributed by atoms with Crippen LogP contribution < -0.4 is 10.2 Å². The molecule has 1 N–H and O–H groups in total. The number of esters is 1. The summed E-state index contributed by atoms with van der Waals surface area (Å²) < 4.78 is 4.75. The van der Waals surface area contributed by atoms with Crippen LogP contribution in [0.1, 0.15) is 35.2 Å². The third-order valence-electron chi connectivity index (χ3n) is 4.65. The molecule has 5 heteroatoms. The number of amides is 1. The number of methoxy groups -OCH3 is 1. The third kappa shape index (κ3) is 4.42. The molecule has 1 fully saturated rings. The fourth-order valence-electron chi connectivity index (χ4n) is 3.20. The number of ether oxygens (including phenoxy) is 1. The highest BCUT2D eigenvalue weighted by Gasteiger charge is 2.14. The summed E-state index contributed by atoms with van der Waals surface area (Å²) in [6.07, 6.45) is 3.54. The molecule has 0 aromatic heterocycles. The Bertz CT molecular complexity index is 765. The summed E-state index contributed by atoms with van der Waals surface area (Å²) >= 11 is 0. The zero-order valence-electron chi connectivity index (χ0n) is 15.0. The first-order chi connectivity index (χ1) is 12.7. The molecule has 0 aliphatic carbocycles. The molecule has 3 rings (SSSR count). The summed E-state index contributed by atoms with van der Waals surface area (Å²) in [4.78, 5) is 26.4. The van der Waals surface area contributed by atoms with E-state index in [1.807, 2.05) is 0 Å². The van der Waals surface area contributed by atoms with Crippen LogP contribution in [-0.4, -0.2) is 32.1 Å². The van der Waals surface area contributed by atoms with Crippen LogP contribution >= 0.6 is 0 Å². The number of aryl methyl sites for hydroxylation is 1. The first kappa shape index (κ1) is 18.0. The molecule has 2 aromatic rings. The smallest absolute Gasteiger partial charge is 0.339 e. The molecular weight excluding hydrogens is 328 g/mol. The molecule has 0 radical (unpaired) electrons. The van der Waals surface area contributed by atoms with Crippen LogP contribution in [0.15, 0.2) is 48.5 Å². The second-order valence-corrected chi connectivity index (χ2v) is 6.45. The highest BCUT2D eigenvalue weighted by Crippen LogP contribution is 2.21. The van der Waals surface area contributed by atoms with Crippen molar-refractivity contribution < 1.29 is 14.3 Å². The Labute approximate surface area is 154 Å². The van der Waals surface area contributed by atoms with E-state index in [0.717, 1.165) is 18.7 Å². The van der Waals surface area contributed by atoms with Gasteiger partial charge in [-0.25, -0.2) is 4.79 Å². The molecule has 1 amide bonds. The van der Waals surface area contributed by atoms with Crippen LogP contribution in [-0.2, 0) is 16.0 Å². The molecular formula is C21H24N2O3. The van der Waals surface area contributed by atoms with Gasteiger partial charge < -0.3 is 15.0 Å². The van der Waals surface area contributed by atoms with Gasteiger partial charge in [-0.3, -0.25) is 4.79 Å². The van der Waals surface area contributed by atoms with E-state index in [9.17, 15) is 9.59 Å². The molecule has 2 aromatic carbocycles. The SMILES string of the molecule is COC(=O)c1ccccc1NC(=O)CCc1ccc(N2CCCC2)cc1. The summed E-state index contributed by atoms with van der Waals surface area (Å²) in [6, 6.07) is 15.3. The van der Waals surface area contributed by atoms with Crippen molar-refractivity contribution in [2.75, 3.05) is 30.4 Å². The first-order valence-corrected chi connectivity index (χ1v) is 8.98. The van der Waals surface area contributed by atoms with Crippen LogP contribution in [0.3, 0.4) is 0 Å². The van der Waals surface area contributed by atoms with Gasteiger partial charge in [0.2, 0.25) is 5.91 Å². The Morgan fingerprint density at radius 2 is 1.73 bits per heavy atom. The lowest BCUT2D eigenvalue weighted by molar-refractivity contribution is -0.116. The maximum atomic E-state index is 12.3. The first-order valence-electron chi connectivity index (χ1n) is 8.98. The Morgan fingerprint density at radius 1 is 1.04 bits per heavy atom. The number of hydrogen-bond donors (Lipinski definition) is 1.